The van der Waals surface area contributed by atoms with Gasteiger partial charge in [-0.15, -0.1) is 0 Å². The van der Waals surface area contributed by atoms with Gasteiger partial charge in [0.15, 0.2) is 6.10 Å². The molecule has 4 N–H and O–H groups in total. The second-order valence-corrected chi connectivity index (χ2v) is 17.0. The number of hydrogen-bond donors (Lipinski definition) is 3. The Morgan fingerprint density at radius 2 is 0.929 bits per heavy atom. The van der Waals surface area contributed by atoms with Crippen molar-refractivity contribution in [1.29, 1.82) is 0 Å². The molecule has 0 aliphatic rings. The summed E-state index contributed by atoms with van der Waals surface area (Å²) in [5.41, 5.74) is 5.33. The molecular weight excluding hydrogens is 733 g/mol. The summed E-state index contributed by atoms with van der Waals surface area (Å²) in [5, 5.41) is 8.89. The third-order valence-electron chi connectivity index (χ3n) is 10.0. The monoisotopic (exact) mass is 818 g/mol. The van der Waals surface area contributed by atoms with Gasteiger partial charge in [-0.05, 0) is 25.7 Å². The van der Waals surface area contributed by atoms with Gasteiger partial charge < -0.3 is 25.2 Å². The minimum absolute atomic E-state index is 0.0828. The first-order chi connectivity index (χ1) is 27.1. The number of carboxylic acids is 1. The van der Waals surface area contributed by atoms with Crippen LogP contribution in [0.15, 0.2) is 12.2 Å². The molecule has 0 saturated carbocycles. The van der Waals surface area contributed by atoms with Crippen molar-refractivity contribution in [3.63, 3.8) is 0 Å². The number of carboxylic acid groups (broad SMARTS) is 1. The summed E-state index contributed by atoms with van der Waals surface area (Å²) in [6.45, 7) is 2.80. The fraction of sp³-hybridized carbons (Fsp3) is 0.886. The van der Waals surface area contributed by atoms with Gasteiger partial charge in [0.2, 0.25) is 0 Å². The fourth-order valence-corrected chi connectivity index (χ4v) is 7.22. The van der Waals surface area contributed by atoms with E-state index in [-0.39, 0.29) is 19.4 Å². The predicted molar refractivity (Wildman–Crippen MR) is 226 cm³/mol. The van der Waals surface area contributed by atoms with E-state index in [9.17, 15) is 23.8 Å². The lowest BCUT2D eigenvalue weighted by Gasteiger charge is -2.20. The zero-order chi connectivity index (χ0) is 41.4. The van der Waals surface area contributed by atoms with Crippen molar-refractivity contribution in [2.75, 3.05) is 19.8 Å². The number of carbonyl (C=O) groups is 3. The van der Waals surface area contributed by atoms with Crippen LogP contribution in [0.3, 0.4) is 0 Å². The highest BCUT2D eigenvalue weighted by molar-refractivity contribution is 7.47. The van der Waals surface area contributed by atoms with Gasteiger partial charge in [-0.3, -0.25) is 23.4 Å². The zero-order valence-corrected chi connectivity index (χ0v) is 36.6. The molecule has 0 spiro atoms. The first kappa shape index (κ1) is 54.2. The summed E-state index contributed by atoms with van der Waals surface area (Å²) in [6.07, 6.45) is 40.0. The van der Waals surface area contributed by atoms with Gasteiger partial charge in [0.05, 0.1) is 13.2 Å². The topological polar surface area (TPSA) is 172 Å². The Kier molecular flexibility index (Phi) is 38.7. The Balaban J connectivity index is 4.34. The summed E-state index contributed by atoms with van der Waals surface area (Å²) in [6, 6.07) is -1.52. The van der Waals surface area contributed by atoms with E-state index < -0.39 is 51.1 Å². The van der Waals surface area contributed by atoms with Gasteiger partial charge in [0.1, 0.15) is 12.6 Å². The standard InChI is InChI=1S/C44H84NO10P/c1-3-5-7-9-11-13-15-17-19-20-22-24-26-28-30-32-34-36-43(47)55-40(38-53-56(50,51)54-39-41(45)44(48)49)37-52-42(46)35-33-31-29-27-25-23-21-18-16-14-12-10-8-6-4-2/h30,32,40-41H,3-29,31,33-39,45H2,1-2H3,(H,48,49)(H,50,51)/b32-30-. The second kappa shape index (κ2) is 40.0. The molecule has 330 valence electrons. The SMILES string of the molecule is CCCCCCCCCCCCCCC/C=C\CCC(=O)OC(COC(=O)CCCCCCCCCCCCCCCCC)COP(=O)(O)OCC(N)C(=O)O. The van der Waals surface area contributed by atoms with Crippen LogP contribution in [0, 0.1) is 0 Å². The van der Waals surface area contributed by atoms with Crippen molar-refractivity contribution in [3.8, 4) is 0 Å². The quantitative estimate of drug-likeness (QED) is 0.0231. The van der Waals surface area contributed by atoms with Crippen molar-refractivity contribution >= 4 is 25.7 Å². The Hall–Kier alpha value is -1.78. The van der Waals surface area contributed by atoms with Crippen molar-refractivity contribution in [2.45, 2.75) is 231 Å². The summed E-state index contributed by atoms with van der Waals surface area (Å²) in [5.74, 6) is -2.42. The van der Waals surface area contributed by atoms with Gasteiger partial charge in [-0.1, -0.05) is 193 Å². The molecule has 0 amide bonds. The molecule has 0 radical (unpaired) electrons. The molecule has 0 aromatic carbocycles. The smallest absolute Gasteiger partial charge is 0.472 e. The molecule has 12 heteroatoms. The minimum Gasteiger partial charge on any atom is -0.480 e. The molecular formula is C44H84NO10P. The number of phosphoric ester groups is 1. The van der Waals surface area contributed by atoms with E-state index in [0.29, 0.717) is 12.8 Å². The number of nitrogens with two attached hydrogens (primary N) is 1. The number of allylic oxidation sites excluding steroid dienone is 2. The van der Waals surface area contributed by atoms with Crippen LogP contribution in [0.1, 0.15) is 219 Å². The van der Waals surface area contributed by atoms with Gasteiger partial charge in [0.25, 0.3) is 0 Å². The molecule has 3 atom stereocenters. The van der Waals surface area contributed by atoms with E-state index in [4.69, 9.17) is 24.8 Å². The maximum absolute atomic E-state index is 12.6. The molecule has 0 bridgehead atoms. The largest absolute Gasteiger partial charge is 0.480 e. The normalized spacial score (nSPS) is 13.8. The lowest BCUT2D eigenvalue weighted by molar-refractivity contribution is -0.161. The Morgan fingerprint density at radius 3 is 1.38 bits per heavy atom. The molecule has 11 nitrogen and oxygen atoms in total. The van der Waals surface area contributed by atoms with E-state index in [1.165, 1.54) is 148 Å². The predicted octanol–water partition coefficient (Wildman–Crippen LogP) is 12.1. The molecule has 56 heavy (non-hydrogen) atoms. The van der Waals surface area contributed by atoms with Crippen molar-refractivity contribution < 1.29 is 47.5 Å². The van der Waals surface area contributed by atoms with Crippen molar-refractivity contribution in [3.05, 3.63) is 12.2 Å². The lowest BCUT2D eigenvalue weighted by Crippen LogP contribution is -2.34. The van der Waals surface area contributed by atoms with Crippen LogP contribution in [-0.4, -0.2) is 59.9 Å². The Bertz CT molecular complexity index is 1010. The summed E-state index contributed by atoms with van der Waals surface area (Å²) < 4.78 is 32.7. The van der Waals surface area contributed by atoms with Gasteiger partial charge in [-0.2, -0.15) is 0 Å². The molecule has 0 rings (SSSR count). The van der Waals surface area contributed by atoms with Crippen LogP contribution >= 0.6 is 7.82 Å². The first-order valence-electron chi connectivity index (χ1n) is 22.7. The molecule has 0 saturated heterocycles. The van der Waals surface area contributed by atoms with Crippen LogP contribution in [0.2, 0.25) is 0 Å². The number of esters is 2. The number of aliphatic carboxylic acids is 1. The maximum atomic E-state index is 12.6. The second-order valence-electron chi connectivity index (χ2n) is 15.5. The number of ether oxygens (including phenoxy) is 2. The van der Waals surface area contributed by atoms with Crippen molar-refractivity contribution in [2.24, 2.45) is 5.73 Å². The van der Waals surface area contributed by atoms with Gasteiger partial charge in [-0.25, -0.2) is 4.57 Å². The van der Waals surface area contributed by atoms with Crippen LogP contribution in [0.4, 0.5) is 0 Å². The van der Waals surface area contributed by atoms with E-state index in [2.05, 4.69) is 24.4 Å². The molecule has 0 aliphatic carbocycles. The van der Waals surface area contributed by atoms with Crippen LogP contribution in [-0.2, 0) is 37.5 Å². The Labute approximate surface area is 341 Å². The van der Waals surface area contributed by atoms with Crippen LogP contribution in [0.25, 0.3) is 0 Å². The third kappa shape index (κ3) is 39.1. The average molecular weight is 818 g/mol. The minimum atomic E-state index is -4.72. The van der Waals surface area contributed by atoms with Gasteiger partial charge >= 0.3 is 25.7 Å². The molecule has 0 fully saturated rings. The third-order valence-corrected chi connectivity index (χ3v) is 11.0. The molecule has 0 aromatic heterocycles. The van der Waals surface area contributed by atoms with Gasteiger partial charge in [0, 0.05) is 12.8 Å². The zero-order valence-electron chi connectivity index (χ0n) is 35.7. The summed E-state index contributed by atoms with van der Waals surface area (Å²) >= 11 is 0. The first-order valence-corrected chi connectivity index (χ1v) is 24.2. The number of hydrogen-bond acceptors (Lipinski definition) is 9. The number of unbranched alkanes of at least 4 members (excludes halogenated alkanes) is 27. The van der Waals surface area contributed by atoms with E-state index >= 15 is 0 Å². The number of carbonyl (C=O) groups excluding carboxylic acids is 2. The van der Waals surface area contributed by atoms with E-state index in [1.807, 2.05) is 6.08 Å². The number of rotatable bonds is 43. The number of phosphoric acid groups is 1. The van der Waals surface area contributed by atoms with Crippen LogP contribution < -0.4 is 5.73 Å². The lowest BCUT2D eigenvalue weighted by atomic mass is 10.0. The molecule has 0 aromatic rings. The highest BCUT2D eigenvalue weighted by Gasteiger charge is 2.28. The Morgan fingerprint density at radius 1 is 0.536 bits per heavy atom. The van der Waals surface area contributed by atoms with E-state index in [0.717, 1.165) is 32.1 Å². The highest BCUT2D eigenvalue weighted by atomic mass is 31.2. The molecule has 0 aliphatic heterocycles. The summed E-state index contributed by atoms with van der Waals surface area (Å²) in [7, 11) is -4.72. The van der Waals surface area contributed by atoms with Crippen LogP contribution in [0.5, 0.6) is 0 Å². The van der Waals surface area contributed by atoms with E-state index in [1.54, 1.807) is 0 Å². The maximum Gasteiger partial charge on any atom is 0.472 e. The fourth-order valence-electron chi connectivity index (χ4n) is 6.44. The highest BCUT2D eigenvalue weighted by Crippen LogP contribution is 2.43. The molecule has 0 heterocycles. The molecule has 3 unspecified atom stereocenters. The van der Waals surface area contributed by atoms with Crippen molar-refractivity contribution in [1.82, 2.24) is 0 Å². The summed E-state index contributed by atoms with van der Waals surface area (Å²) in [4.78, 5) is 45.9. The average Bonchev–Trinajstić information content (AvgIpc) is 3.17.